The molecule has 0 saturated carbocycles. The van der Waals surface area contributed by atoms with Crippen molar-refractivity contribution in [3.63, 3.8) is 0 Å². The molecule has 110 valence electrons. The van der Waals surface area contributed by atoms with Crippen LogP contribution in [0.3, 0.4) is 0 Å². The predicted octanol–water partition coefficient (Wildman–Crippen LogP) is 3.64. The lowest BCUT2D eigenvalue weighted by Gasteiger charge is -2.08. The lowest BCUT2D eigenvalue weighted by atomic mass is 10.2. The summed E-state index contributed by atoms with van der Waals surface area (Å²) in [6.45, 7) is 8.56. The molecule has 2 aromatic rings. The molecule has 1 N–H and O–H groups in total. The van der Waals surface area contributed by atoms with Gasteiger partial charge in [-0.2, -0.15) is 5.10 Å². The van der Waals surface area contributed by atoms with Gasteiger partial charge >= 0.3 is 0 Å². The van der Waals surface area contributed by atoms with Crippen LogP contribution in [0.2, 0.25) is 0 Å². The molecule has 0 aliphatic heterocycles. The molecule has 0 aliphatic carbocycles. The van der Waals surface area contributed by atoms with Crippen LogP contribution in [0, 0.1) is 6.92 Å². The van der Waals surface area contributed by atoms with E-state index in [1.165, 1.54) is 11.3 Å². The Bertz CT molecular complexity index is 522. The maximum atomic E-state index is 5.43. The number of hydrogen-bond donors (Lipinski definition) is 1. The standard InChI is InChI=1S/C15H21N3O.ClH/c1-4-18-12(3)15(11-17-18)16-10-13-6-8-14(9-7-13)19-5-2;/h6-9,11,16H,4-5,10H2,1-3H3;1H. The van der Waals surface area contributed by atoms with Gasteiger partial charge in [0.1, 0.15) is 5.75 Å². The molecule has 1 heterocycles. The van der Waals surface area contributed by atoms with Crippen LogP contribution >= 0.6 is 12.4 Å². The van der Waals surface area contributed by atoms with Gasteiger partial charge in [0, 0.05) is 13.1 Å². The van der Waals surface area contributed by atoms with E-state index < -0.39 is 0 Å². The first-order chi connectivity index (χ1) is 9.24. The molecule has 0 aliphatic rings. The van der Waals surface area contributed by atoms with E-state index in [0.717, 1.165) is 24.5 Å². The summed E-state index contributed by atoms with van der Waals surface area (Å²) in [4.78, 5) is 0. The number of halogens is 1. The van der Waals surface area contributed by atoms with Crippen LogP contribution in [0.5, 0.6) is 5.75 Å². The number of benzene rings is 1. The number of nitrogens with one attached hydrogen (secondary N) is 1. The van der Waals surface area contributed by atoms with Crippen LogP contribution in [0.4, 0.5) is 5.69 Å². The Morgan fingerprint density at radius 2 is 1.90 bits per heavy atom. The summed E-state index contributed by atoms with van der Waals surface area (Å²) in [5, 5.41) is 7.73. The Labute approximate surface area is 126 Å². The fourth-order valence-electron chi connectivity index (χ4n) is 2.01. The van der Waals surface area contributed by atoms with E-state index in [9.17, 15) is 0 Å². The van der Waals surface area contributed by atoms with Crippen molar-refractivity contribution in [2.24, 2.45) is 0 Å². The molecule has 5 heteroatoms. The highest BCUT2D eigenvalue weighted by Crippen LogP contribution is 2.16. The van der Waals surface area contributed by atoms with Crippen molar-refractivity contribution in [1.29, 1.82) is 0 Å². The average Bonchev–Trinajstić information content (AvgIpc) is 2.79. The van der Waals surface area contributed by atoms with Crippen molar-refractivity contribution < 1.29 is 4.74 Å². The van der Waals surface area contributed by atoms with Crippen molar-refractivity contribution >= 4 is 18.1 Å². The molecule has 0 saturated heterocycles. The molecule has 0 unspecified atom stereocenters. The number of aromatic nitrogens is 2. The fraction of sp³-hybridized carbons (Fsp3) is 0.400. The van der Waals surface area contributed by atoms with Crippen molar-refractivity contribution in [3.05, 3.63) is 41.7 Å². The number of hydrogen-bond acceptors (Lipinski definition) is 3. The van der Waals surface area contributed by atoms with E-state index in [-0.39, 0.29) is 12.4 Å². The molecule has 0 amide bonds. The summed E-state index contributed by atoms with van der Waals surface area (Å²) in [7, 11) is 0. The van der Waals surface area contributed by atoms with E-state index in [0.29, 0.717) is 6.61 Å². The van der Waals surface area contributed by atoms with E-state index in [2.05, 4.69) is 36.4 Å². The quantitative estimate of drug-likeness (QED) is 0.884. The van der Waals surface area contributed by atoms with Gasteiger partial charge in [0.25, 0.3) is 0 Å². The normalized spacial score (nSPS) is 9.95. The molecular formula is C15H22ClN3O. The zero-order valence-electron chi connectivity index (χ0n) is 12.2. The Morgan fingerprint density at radius 3 is 2.45 bits per heavy atom. The van der Waals surface area contributed by atoms with Gasteiger partial charge in [-0.3, -0.25) is 4.68 Å². The second-order valence-electron chi connectivity index (χ2n) is 4.39. The van der Waals surface area contributed by atoms with Gasteiger partial charge in [-0.1, -0.05) is 12.1 Å². The van der Waals surface area contributed by atoms with Gasteiger partial charge in [0.05, 0.1) is 24.2 Å². The monoisotopic (exact) mass is 295 g/mol. The van der Waals surface area contributed by atoms with Crippen molar-refractivity contribution in [3.8, 4) is 5.75 Å². The van der Waals surface area contributed by atoms with E-state index in [1.54, 1.807) is 0 Å². The summed E-state index contributed by atoms with van der Waals surface area (Å²) >= 11 is 0. The third kappa shape index (κ3) is 3.90. The van der Waals surface area contributed by atoms with Gasteiger partial charge in [-0.25, -0.2) is 0 Å². The first-order valence-electron chi connectivity index (χ1n) is 6.72. The van der Waals surface area contributed by atoms with Crippen LogP contribution in [-0.4, -0.2) is 16.4 Å². The summed E-state index contributed by atoms with van der Waals surface area (Å²) < 4.78 is 7.41. The maximum Gasteiger partial charge on any atom is 0.119 e. The molecule has 1 aromatic heterocycles. The molecule has 0 spiro atoms. The molecule has 20 heavy (non-hydrogen) atoms. The minimum absolute atomic E-state index is 0. The lowest BCUT2D eigenvalue weighted by Crippen LogP contribution is -2.02. The van der Waals surface area contributed by atoms with Gasteiger partial charge in [0.15, 0.2) is 0 Å². The van der Waals surface area contributed by atoms with E-state index >= 15 is 0 Å². The number of ether oxygens (including phenoxy) is 1. The summed E-state index contributed by atoms with van der Waals surface area (Å²) in [5.74, 6) is 0.918. The number of aryl methyl sites for hydroxylation is 1. The van der Waals surface area contributed by atoms with Gasteiger partial charge in [0.2, 0.25) is 0 Å². The summed E-state index contributed by atoms with van der Waals surface area (Å²) in [6, 6.07) is 8.17. The van der Waals surface area contributed by atoms with Crippen molar-refractivity contribution in [1.82, 2.24) is 9.78 Å². The molecular weight excluding hydrogens is 274 g/mol. The van der Waals surface area contributed by atoms with Crippen LogP contribution in [0.1, 0.15) is 25.1 Å². The first kappa shape index (κ1) is 16.4. The lowest BCUT2D eigenvalue weighted by molar-refractivity contribution is 0.340. The van der Waals surface area contributed by atoms with Crippen molar-refractivity contribution in [2.45, 2.75) is 33.9 Å². The van der Waals surface area contributed by atoms with E-state index in [1.807, 2.05) is 29.9 Å². The Kier molecular flexibility index (Phi) is 6.39. The zero-order valence-corrected chi connectivity index (χ0v) is 13.0. The maximum absolute atomic E-state index is 5.43. The molecule has 0 atom stereocenters. The largest absolute Gasteiger partial charge is 0.494 e. The second-order valence-corrected chi connectivity index (χ2v) is 4.39. The molecule has 0 radical (unpaired) electrons. The van der Waals surface area contributed by atoms with Gasteiger partial charge in [-0.05, 0) is 38.5 Å². The fourth-order valence-corrected chi connectivity index (χ4v) is 2.01. The van der Waals surface area contributed by atoms with E-state index in [4.69, 9.17) is 4.74 Å². The van der Waals surface area contributed by atoms with Crippen LogP contribution in [0.15, 0.2) is 30.5 Å². The van der Waals surface area contributed by atoms with Crippen LogP contribution in [0.25, 0.3) is 0 Å². The van der Waals surface area contributed by atoms with Crippen molar-refractivity contribution in [2.75, 3.05) is 11.9 Å². The molecule has 0 bridgehead atoms. The average molecular weight is 296 g/mol. The second kappa shape index (κ2) is 7.80. The predicted molar refractivity (Wildman–Crippen MR) is 84.8 cm³/mol. The topological polar surface area (TPSA) is 39.1 Å². The number of nitrogens with zero attached hydrogens (tertiary/aromatic N) is 2. The van der Waals surface area contributed by atoms with Crippen LogP contribution in [-0.2, 0) is 13.1 Å². The highest BCUT2D eigenvalue weighted by Gasteiger charge is 2.04. The highest BCUT2D eigenvalue weighted by molar-refractivity contribution is 5.85. The Balaban J connectivity index is 0.00000200. The molecule has 2 rings (SSSR count). The Morgan fingerprint density at radius 1 is 1.20 bits per heavy atom. The molecule has 1 aromatic carbocycles. The smallest absolute Gasteiger partial charge is 0.119 e. The minimum Gasteiger partial charge on any atom is -0.494 e. The third-order valence-electron chi connectivity index (χ3n) is 3.12. The number of rotatable bonds is 6. The third-order valence-corrected chi connectivity index (χ3v) is 3.12. The first-order valence-corrected chi connectivity index (χ1v) is 6.72. The summed E-state index contributed by atoms with van der Waals surface area (Å²) in [5.41, 5.74) is 3.50. The number of anilines is 1. The summed E-state index contributed by atoms with van der Waals surface area (Å²) in [6.07, 6.45) is 1.88. The molecule has 4 nitrogen and oxygen atoms in total. The highest BCUT2D eigenvalue weighted by atomic mass is 35.5. The van der Waals surface area contributed by atoms with Gasteiger partial charge < -0.3 is 10.1 Å². The Hall–Kier alpha value is -1.68. The zero-order chi connectivity index (χ0) is 13.7. The molecule has 0 fully saturated rings. The minimum atomic E-state index is 0. The SMILES string of the molecule is CCOc1ccc(CNc2cnn(CC)c2C)cc1.Cl. The van der Waals surface area contributed by atoms with Gasteiger partial charge in [-0.15, -0.1) is 12.4 Å². The van der Waals surface area contributed by atoms with Crippen LogP contribution < -0.4 is 10.1 Å².